The highest BCUT2D eigenvalue weighted by Crippen LogP contribution is 2.30. The second-order valence-electron chi connectivity index (χ2n) is 14.0. The number of azo groups is 2. The van der Waals surface area contributed by atoms with Crippen LogP contribution >= 0.6 is 58.0 Å². The minimum absolute atomic E-state index is 0.0272. The maximum atomic E-state index is 13.4. The Balaban J connectivity index is 1.26. The van der Waals surface area contributed by atoms with Crippen LogP contribution in [-0.2, 0) is 32.0 Å². The molecule has 0 bridgehead atoms. The summed E-state index contributed by atoms with van der Waals surface area (Å²) in [4.78, 5) is 78.2. The van der Waals surface area contributed by atoms with Crippen molar-refractivity contribution < 1.29 is 33.5 Å². The number of Topliss-reactive ketones (excluding diaryl/α,β-unsaturated/α-hetero) is 2. The van der Waals surface area contributed by atoms with Gasteiger partial charge >= 0.3 is 0 Å². The highest BCUT2D eigenvalue weighted by molar-refractivity contribution is 6.31. The third-order valence-corrected chi connectivity index (χ3v) is 9.91. The second kappa shape index (κ2) is 24.2. The monoisotopic (exact) mass is 978 g/mol. The number of benzene rings is 5. The van der Waals surface area contributed by atoms with Gasteiger partial charge in [0.1, 0.15) is 5.75 Å². The van der Waals surface area contributed by atoms with Gasteiger partial charge in [-0.25, -0.2) is 0 Å². The minimum atomic E-state index is -1.65. The molecule has 4 N–H and O–H groups in total. The zero-order chi connectivity index (χ0) is 47.0. The van der Waals surface area contributed by atoms with Gasteiger partial charge in [0.15, 0.2) is 17.6 Å². The SMILES string of the molecule is CC(=O)C(N=Nc1cc(Cl)cc(C(=O)Nc2cccc(CCCl)c2)c1)C(=O)Nc1ccc(NC(=O)C(N=Nc2cc(Cl)cc(C(=O)Nc3cccc(CCCl)c3)c2)C(C)=O)c(OCCl)c1. The van der Waals surface area contributed by atoms with Crippen LogP contribution in [0.1, 0.15) is 45.7 Å². The molecule has 15 nitrogen and oxygen atoms in total. The lowest BCUT2D eigenvalue weighted by Crippen LogP contribution is -2.32. The van der Waals surface area contributed by atoms with Crippen LogP contribution in [-0.4, -0.2) is 65.1 Å². The van der Waals surface area contributed by atoms with E-state index >= 15 is 0 Å². The van der Waals surface area contributed by atoms with Crippen molar-refractivity contribution in [2.75, 3.05) is 39.1 Å². The van der Waals surface area contributed by atoms with Gasteiger partial charge in [-0.05, 0) is 111 Å². The number of alkyl halides is 3. The predicted octanol–water partition coefficient (Wildman–Crippen LogP) is 11.0. The van der Waals surface area contributed by atoms with E-state index in [1.807, 2.05) is 12.1 Å². The molecule has 0 fully saturated rings. The molecule has 5 aromatic rings. The second-order valence-corrected chi connectivity index (χ2v) is 15.8. The molecule has 0 saturated heterocycles. The molecule has 20 heteroatoms. The minimum Gasteiger partial charge on any atom is -0.476 e. The fourth-order valence-corrected chi connectivity index (χ4v) is 6.95. The molecule has 0 radical (unpaired) electrons. The number of carbonyl (C=O) groups is 6. The molecule has 4 amide bonds. The number of carbonyl (C=O) groups excluding carboxylic acids is 6. The summed E-state index contributed by atoms with van der Waals surface area (Å²) in [6.45, 7) is 2.29. The van der Waals surface area contributed by atoms with Gasteiger partial charge in [-0.15, -0.1) is 23.2 Å². The van der Waals surface area contributed by atoms with Crippen LogP contribution in [0.5, 0.6) is 5.75 Å². The Morgan fingerprint density at radius 1 is 0.554 bits per heavy atom. The van der Waals surface area contributed by atoms with E-state index in [0.29, 0.717) is 36.0 Å². The smallest absolute Gasteiger partial charge is 0.258 e. The Hall–Kier alpha value is -6.23. The molecular formula is C45H39Cl5N8O7. The zero-order valence-corrected chi connectivity index (χ0v) is 38.3. The molecule has 0 heterocycles. The number of amides is 4. The van der Waals surface area contributed by atoms with Crippen molar-refractivity contribution in [1.29, 1.82) is 0 Å². The average molecular weight is 981 g/mol. The number of nitrogens with zero attached hydrogens (tertiary/aromatic N) is 4. The fraction of sp³-hybridized carbons (Fsp3) is 0.200. The zero-order valence-electron chi connectivity index (χ0n) is 34.5. The summed E-state index contributed by atoms with van der Waals surface area (Å²) in [7, 11) is 0. The van der Waals surface area contributed by atoms with Crippen molar-refractivity contribution in [3.8, 4) is 5.75 Å². The maximum Gasteiger partial charge on any atom is 0.258 e. The van der Waals surface area contributed by atoms with Crippen molar-refractivity contribution in [1.82, 2.24) is 0 Å². The lowest BCUT2D eigenvalue weighted by molar-refractivity contribution is -0.127. The fourth-order valence-electron chi connectivity index (χ4n) is 5.94. The van der Waals surface area contributed by atoms with E-state index in [-0.39, 0.29) is 55.7 Å². The van der Waals surface area contributed by atoms with Gasteiger partial charge in [-0.1, -0.05) is 59.1 Å². The van der Waals surface area contributed by atoms with E-state index in [1.165, 1.54) is 54.6 Å². The molecule has 0 saturated carbocycles. The van der Waals surface area contributed by atoms with E-state index in [0.717, 1.165) is 25.0 Å². The number of halogens is 5. The van der Waals surface area contributed by atoms with Crippen LogP contribution in [0.25, 0.3) is 0 Å². The first kappa shape index (κ1) is 49.8. The number of hydrogen-bond donors (Lipinski definition) is 4. The first-order valence-corrected chi connectivity index (χ1v) is 21.8. The van der Waals surface area contributed by atoms with Crippen LogP contribution in [0.15, 0.2) is 124 Å². The lowest BCUT2D eigenvalue weighted by Gasteiger charge is -2.15. The Kier molecular flexibility index (Phi) is 18.5. The highest BCUT2D eigenvalue weighted by Gasteiger charge is 2.26. The van der Waals surface area contributed by atoms with Gasteiger partial charge in [0.2, 0.25) is 12.1 Å². The summed E-state index contributed by atoms with van der Waals surface area (Å²) in [5.74, 6) is -3.27. The van der Waals surface area contributed by atoms with Crippen molar-refractivity contribution in [3.05, 3.63) is 135 Å². The molecule has 65 heavy (non-hydrogen) atoms. The van der Waals surface area contributed by atoms with Crippen LogP contribution in [0, 0.1) is 0 Å². The largest absolute Gasteiger partial charge is 0.476 e. The number of aryl methyl sites for hydroxylation is 2. The Bertz CT molecular complexity index is 2660. The van der Waals surface area contributed by atoms with Gasteiger partial charge in [-0.2, -0.15) is 20.5 Å². The Morgan fingerprint density at radius 2 is 1.02 bits per heavy atom. The van der Waals surface area contributed by atoms with Crippen molar-refractivity contribution in [2.24, 2.45) is 20.5 Å². The highest BCUT2D eigenvalue weighted by atomic mass is 35.5. The Morgan fingerprint density at radius 3 is 1.46 bits per heavy atom. The van der Waals surface area contributed by atoms with Crippen LogP contribution < -0.4 is 26.0 Å². The van der Waals surface area contributed by atoms with Crippen molar-refractivity contribution in [3.63, 3.8) is 0 Å². The molecule has 0 aromatic heterocycles. The van der Waals surface area contributed by atoms with E-state index in [4.69, 9.17) is 62.7 Å². The number of anilines is 4. The molecule has 5 aromatic carbocycles. The van der Waals surface area contributed by atoms with E-state index in [9.17, 15) is 28.8 Å². The number of nitrogens with one attached hydrogen (secondary N) is 4. The first-order valence-electron chi connectivity index (χ1n) is 19.5. The topological polar surface area (TPSA) is 209 Å². The number of ether oxygens (including phenoxy) is 1. The summed E-state index contributed by atoms with van der Waals surface area (Å²) in [5.41, 5.74) is 3.58. The summed E-state index contributed by atoms with van der Waals surface area (Å²) in [6, 6.07) is 23.2. The maximum absolute atomic E-state index is 13.4. The summed E-state index contributed by atoms with van der Waals surface area (Å²) < 4.78 is 5.49. The number of ketones is 2. The van der Waals surface area contributed by atoms with E-state index in [2.05, 4.69) is 41.7 Å². The lowest BCUT2D eigenvalue weighted by atomic mass is 10.1. The summed E-state index contributed by atoms with van der Waals surface area (Å²) >= 11 is 30.1. The molecule has 0 aliphatic rings. The van der Waals surface area contributed by atoms with Gasteiger partial charge in [0.05, 0.1) is 17.1 Å². The Labute approximate surface area is 398 Å². The quantitative estimate of drug-likeness (QED) is 0.0336. The van der Waals surface area contributed by atoms with Gasteiger partial charge in [-0.3, -0.25) is 28.8 Å². The van der Waals surface area contributed by atoms with Crippen LogP contribution in [0.2, 0.25) is 10.0 Å². The standard InChI is InChI=1S/C45H39Cl5N8O7/c1-25(59)40(57-55-36-19-29(17-31(49)21-36)42(61)51-33-7-3-5-27(15-33)11-13-46)44(63)53-35-9-10-38(39(23-35)65-24-48)54-45(64)41(26(2)60)58-56-37-20-30(18-32(50)22-37)43(62)52-34-8-4-6-28(16-34)12-14-47/h3-10,15-23,40-41H,11-14,24H2,1-2H3,(H,51,61)(H,52,62)(H,53,63)(H,54,64). The number of rotatable bonds is 20. The predicted molar refractivity (Wildman–Crippen MR) is 254 cm³/mol. The molecule has 336 valence electrons. The van der Waals surface area contributed by atoms with Crippen molar-refractivity contribution in [2.45, 2.75) is 38.8 Å². The number of hydrogen-bond acceptors (Lipinski definition) is 11. The molecule has 2 unspecified atom stereocenters. The molecule has 2 atom stereocenters. The van der Waals surface area contributed by atoms with E-state index in [1.54, 1.807) is 36.4 Å². The first-order chi connectivity index (χ1) is 31.1. The molecule has 0 aliphatic heterocycles. The normalized spacial score (nSPS) is 12.0. The summed E-state index contributed by atoms with van der Waals surface area (Å²) in [6.07, 6.45) is 1.24. The van der Waals surface area contributed by atoms with Gasteiger partial charge in [0, 0.05) is 56.1 Å². The van der Waals surface area contributed by atoms with Gasteiger partial charge < -0.3 is 26.0 Å². The summed E-state index contributed by atoms with van der Waals surface area (Å²) in [5, 5.41) is 27.0. The van der Waals surface area contributed by atoms with E-state index < -0.39 is 47.3 Å². The molecule has 0 spiro atoms. The van der Waals surface area contributed by atoms with Crippen LogP contribution in [0.4, 0.5) is 34.1 Å². The molecular weight excluding hydrogens is 942 g/mol. The third-order valence-electron chi connectivity index (χ3n) is 8.99. The van der Waals surface area contributed by atoms with Gasteiger partial charge in [0.25, 0.3) is 23.6 Å². The molecule has 0 aliphatic carbocycles. The average Bonchev–Trinajstić information content (AvgIpc) is 3.24. The van der Waals surface area contributed by atoms with Crippen LogP contribution in [0.3, 0.4) is 0 Å². The molecule has 5 rings (SSSR count). The third kappa shape index (κ3) is 14.9. The van der Waals surface area contributed by atoms with Crippen molar-refractivity contribution >= 4 is 127 Å².